The van der Waals surface area contributed by atoms with Gasteiger partial charge in [0.05, 0.1) is 6.04 Å². The van der Waals surface area contributed by atoms with Crippen molar-refractivity contribution in [3.8, 4) is 11.3 Å². The summed E-state index contributed by atoms with van der Waals surface area (Å²) in [5.41, 5.74) is 2.82. The van der Waals surface area contributed by atoms with Gasteiger partial charge < -0.3 is 14.0 Å². The molecule has 7 heteroatoms. The first-order valence-electron chi connectivity index (χ1n) is 9.89. The minimum Gasteiger partial charge on any atom is -0.364 e. The highest BCUT2D eigenvalue weighted by Crippen LogP contribution is 2.32. The molecule has 0 saturated carbocycles. The van der Waals surface area contributed by atoms with Crippen LogP contribution in [-0.4, -0.2) is 42.8 Å². The monoisotopic (exact) mass is 377 g/mol. The Bertz CT molecular complexity index is 993. The van der Waals surface area contributed by atoms with Crippen LogP contribution >= 0.6 is 0 Å². The smallest absolute Gasteiger partial charge is 0.223 e. The van der Waals surface area contributed by atoms with Crippen molar-refractivity contribution >= 4 is 5.91 Å². The number of aryl methyl sites for hydroxylation is 2. The molecule has 3 aromatic rings. The third-order valence-electron chi connectivity index (χ3n) is 6.03. The molecule has 4 heterocycles. The lowest BCUT2D eigenvalue weighted by molar-refractivity contribution is -0.134. The molecule has 2 bridgehead atoms. The lowest BCUT2D eigenvalue weighted by atomic mass is 10.0. The van der Waals surface area contributed by atoms with Gasteiger partial charge in [-0.3, -0.25) is 4.79 Å². The van der Waals surface area contributed by atoms with E-state index in [1.807, 2.05) is 37.3 Å². The van der Waals surface area contributed by atoms with Crippen molar-refractivity contribution < 1.29 is 9.32 Å². The number of amides is 1. The number of benzene rings is 1. The Balaban J connectivity index is 1.30. The van der Waals surface area contributed by atoms with Crippen LogP contribution in [0.5, 0.6) is 0 Å². The molecule has 2 aliphatic rings. The van der Waals surface area contributed by atoms with Crippen molar-refractivity contribution in [1.82, 2.24) is 24.8 Å². The Kier molecular flexibility index (Phi) is 4.22. The maximum atomic E-state index is 13.1. The number of fused-ring (bicyclic) bond motifs is 3. The number of carbonyl (C=O) groups is 1. The van der Waals surface area contributed by atoms with E-state index in [0.717, 1.165) is 54.3 Å². The zero-order valence-corrected chi connectivity index (χ0v) is 15.9. The van der Waals surface area contributed by atoms with Crippen LogP contribution in [-0.2, 0) is 24.2 Å². The summed E-state index contributed by atoms with van der Waals surface area (Å²) in [5.74, 6) is 2.16. The van der Waals surface area contributed by atoms with Crippen molar-refractivity contribution in [1.29, 1.82) is 0 Å². The summed E-state index contributed by atoms with van der Waals surface area (Å²) in [5, 5.41) is 12.7. The molecule has 0 aliphatic carbocycles. The van der Waals surface area contributed by atoms with Crippen LogP contribution in [0.15, 0.2) is 41.1 Å². The number of nitrogens with zero attached hydrogens (tertiary/aromatic N) is 5. The highest BCUT2D eigenvalue weighted by atomic mass is 16.5. The molecular weight excluding hydrogens is 354 g/mol. The second-order valence-corrected chi connectivity index (χ2v) is 7.72. The molecule has 7 nitrogen and oxygen atoms in total. The van der Waals surface area contributed by atoms with Crippen LogP contribution < -0.4 is 0 Å². The molecule has 0 radical (unpaired) electrons. The zero-order valence-electron chi connectivity index (χ0n) is 15.9. The average molecular weight is 377 g/mol. The fourth-order valence-corrected chi connectivity index (χ4v) is 4.62. The summed E-state index contributed by atoms with van der Waals surface area (Å²) in [4.78, 5) is 15.3. The highest BCUT2D eigenvalue weighted by molar-refractivity contribution is 5.78. The number of carbonyl (C=O) groups excluding carboxylic acids is 1. The first-order valence-corrected chi connectivity index (χ1v) is 9.89. The van der Waals surface area contributed by atoms with E-state index in [0.29, 0.717) is 12.8 Å². The van der Waals surface area contributed by atoms with E-state index in [-0.39, 0.29) is 18.0 Å². The molecule has 0 N–H and O–H groups in total. The number of hydrogen-bond acceptors (Lipinski definition) is 5. The molecule has 2 atom stereocenters. The van der Waals surface area contributed by atoms with Crippen LogP contribution in [0.2, 0.25) is 0 Å². The van der Waals surface area contributed by atoms with E-state index >= 15 is 0 Å². The van der Waals surface area contributed by atoms with Gasteiger partial charge in [0, 0.05) is 36.6 Å². The topological polar surface area (TPSA) is 77.0 Å². The molecule has 2 aliphatic heterocycles. The van der Waals surface area contributed by atoms with E-state index in [1.165, 1.54) is 0 Å². The second-order valence-electron chi connectivity index (χ2n) is 7.72. The van der Waals surface area contributed by atoms with Crippen LogP contribution in [0, 0.1) is 6.92 Å². The summed E-state index contributed by atoms with van der Waals surface area (Å²) >= 11 is 0. The first kappa shape index (κ1) is 17.2. The lowest BCUT2D eigenvalue weighted by Gasteiger charge is -2.28. The molecule has 5 rings (SSSR count). The van der Waals surface area contributed by atoms with Gasteiger partial charge in [-0.1, -0.05) is 35.5 Å². The zero-order chi connectivity index (χ0) is 19.1. The molecule has 1 aromatic carbocycles. The Morgan fingerprint density at radius 1 is 1.18 bits per heavy atom. The van der Waals surface area contributed by atoms with Crippen LogP contribution in [0.4, 0.5) is 0 Å². The summed E-state index contributed by atoms with van der Waals surface area (Å²) in [6, 6.07) is 10.4. The van der Waals surface area contributed by atoms with Crippen molar-refractivity contribution in [2.24, 2.45) is 0 Å². The minimum absolute atomic E-state index is 0.212. The predicted octanol–water partition coefficient (Wildman–Crippen LogP) is 2.79. The second kappa shape index (κ2) is 6.89. The third-order valence-corrected chi connectivity index (χ3v) is 6.03. The SMILES string of the molecule is Cc1nnc2n1CC1CCC(C2)N1C(=O)CCc1conc1-c1ccccc1. The van der Waals surface area contributed by atoms with Crippen molar-refractivity contribution in [3.63, 3.8) is 0 Å². The Morgan fingerprint density at radius 2 is 2.00 bits per heavy atom. The molecule has 1 amide bonds. The summed E-state index contributed by atoms with van der Waals surface area (Å²) in [6.07, 6.45) is 5.66. The number of aromatic nitrogens is 4. The van der Waals surface area contributed by atoms with E-state index in [1.54, 1.807) is 6.26 Å². The van der Waals surface area contributed by atoms with Crippen LogP contribution in [0.3, 0.4) is 0 Å². The molecular formula is C21H23N5O2. The standard InChI is InChI=1S/C21H23N5O2/c1-14-22-23-19-11-17-8-9-18(12-25(14)19)26(17)20(27)10-7-16-13-28-24-21(16)15-5-3-2-4-6-15/h2-6,13,17-18H,7-12H2,1H3. The largest absolute Gasteiger partial charge is 0.364 e. The third kappa shape index (κ3) is 2.91. The Hall–Kier alpha value is -2.96. The first-order chi connectivity index (χ1) is 13.7. The van der Waals surface area contributed by atoms with Gasteiger partial charge in [0.15, 0.2) is 0 Å². The van der Waals surface area contributed by atoms with Crippen LogP contribution in [0.25, 0.3) is 11.3 Å². The maximum absolute atomic E-state index is 13.1. The van der Waals surface area contributed by atoms with Gasteiger partial charge in [-0.25, -0.2) is 0 Å². The van der Waals surface area contributed by atoms with E-state index in [9.17, 15) is 4.79 Å². The fourth-order valence-electron chi connectivity index (χ4n) is 4.62. The molecule has 2 unspecified atom stereocenters. The average Bonchev–Trinajstić information content (AvgIpc) is 3.38. The van der Waals surface area contributed by atoms with Gasteiger partial charge in [0.2, 0.25) is 5.91 Å². The van der Waals surface area contributed by atoms with Crippen molar-refractivity contribution in [2.45, 2.75) is 57.7 Å². The lowest BCUT2D eigenvalue weighted by Crippen LogP contribution is -2.42. The normalized spacial score (nSPS) is 20.8. The fraction of sp³-hybridized carbons (Fsp3) is 0.429. The molecule has 1 fully saturated rings. The van der Waals surface area contributed by atoms with Gasteiger partial charge in [-0.05, 0) is 26.2 Å². The summed E-state index contributed by atoms with van der Waals surface area (Å²) in [6.45, 7) is 2.79. The van der Waals surface area contributed by atoms with Crippen molar-refractivity contribution in [3.05, 3.63) is 53.8 Å². The number of hydrogen-bond donors (Lipinski definition) is 0. The van der Waals surface area contributed by atoms with Crippen molar-refractivity contribution in [2.75, 3.05) is 0 Å². The molecule has 2 aromatic heterocycles. The Morgan fingerprint density at radius 3 is 2.86 bits per heavy atom. The quantitative estimate of drug-likeness (QED) is 0.699. The van der Waals surface area contributed by atoms with Gasteiger partial charge in [-0.15, -0.1) is 10.2 Å². The molecule has 144 valence electrons. The Labute approximate surface area is 163 Å². The molecule has 0 spiro atoms. The van der Waals surface area contributed by atoms with Gasteiger partial charge in [0.25, 0.3) is 0 Å². The van der Waals surface area contributed by atoms with Gasteiger partial charge in [-0.2, -0.15) is 0 Å². The van der Waals surface area contributed by atoms with E-state index in [2.05, 4.69) is 24.8 Å². The van der Waals surface area contributed by atoms with Gasteiger partial charge in [0.1, 0.15) is 23.6 Å². The molecule has 28 heavy (non-hydrogen) atoms. The van der Waals surface area contributed by atoms with E-state index < -0.39 is 0 Å². The van der Waals surface area contributed by atoms with Crippen LogP contribution in [0.1, 0.15) is 36.5 Å². The molecule has 1 saturated heterocycles. The summed E-state index contributed by atoms with van der Waals surface area (Å²) in [7, 11) is 0. The minimum atomic E-state index is 0.212. The van der Waals surface area contributed by atoms with E-state index in [4.69, 9.17) is 4.52 Å². The predicted molar refractivity (Wildman–Crippen MR) is 102 cm³/mol. The highest BCUT2D eigenvalue weighted by Gasteiger charge is 2.40. The maximum Gasteiger partial charge on any atom is 0.223 e. The number of rotatable bonds is 4. The van der Waals surface area contributed by atoms with Gasteiger partial charge >= 0.3 is 0 Å². The summed E-state index contributed by atoms with van der Waals surface area (Å²) < 4.78 is 7.38.